The van der Waals surface area contributed by atoms with Crippen molar-refractivity contribution in [3.8, 4) is 16.9 Å². The molecule has 1 unspecified atom stereocenters. The number of nitrogens with two attached hydrogens (primary N) is 1. The molecule has 1 fully saturated rings. The lowest BCUT2D eigenvalue weighted by atomic mass is 9.84. The molecule has 2 aromatic carbocycles. The van der Waals surface area contributed by atoms with E-state index in [1.807, 2.05) is 19.1 Å². The van der Waals surface area contributed by atoms with Crippen molar-refractivity contribution in [2.24, 2.45) is 11.7 Å². The molecule has 0 saturated heterocycles. The van der Waals surface area contributed by atoms with Gasteiger partial charge in [0.2, 0.25) is 5.91 Å². The van der Waals surface area contributed by atoms with Crippen molar-refractivity contribution in [3.05, 3.63) is 68.8 Å². The van der Waals surface area contributed by atoms with Gasteiger partial charge >= 0.3 is 0 Å². The van der Waals surface area contributed by atoms with Crippen molar-refractivity contribution in [3.63, 3.8) is 0 Å². The van der Waals surface area contributed by atoms with Gasteiger partial charge in [-0.1, -0.05) is 79.0 Å². The second kappa shape index (κ2) is 11.0. The molecular weight excluding hydrogens is 507 g/mol. The maximum absolute atomic E-state index is 13.4. The van der Waals surface area contributed by atoms with Crippen LogP contribution in [0.3, 0.4) is 0 Å². The van der Waals surface area contributed by atoms with Crippen molar-refractivity contribution >= 4 is 46.6 Å². The van der Waals surface area contributed by atoms with Gasteiger partial charge in [0.15, 0.2) is 5.69 Å². The summed E-state index contributed by atoms with van der Waals surface area (Å²) in [4.78, 5) is 25.6. The van der Waals surface area contributed by atoms with E-state index < -0.39 is 17.9 Å². The van der Waals surface area contributed by atoms with Gasteiger partial charge in [-0.25, -0.2) is 4.68 Å². The lowest BCUT2D eigenvalue weighted by molar-refractivity contribution is -0.120. The topological polar surface area (TPSA) is 90.0 Å². The van der Waals surface area contributed by atoms with Crippen molar-refractivity contribution in [1.82, 2.24) is 15.1 Å². The number of nitrogens with one attached hydrogen (secondary N) is 1. The Labute approximate surface area is 219 Å². The first kappa shape index (κ1) is 25.5. The Morgan fingerprint density at radius 3 is 2.34 bits per heavy atom. The zero-order chi connectivity index (χ0) is 25.1. The minimum atomic E-state index is -0.756. The fourth-order valence-electron chi connectivity index (χ4n) is 4.71. The molecule has 0 bridgehead atoms. The fraction of sp³-hybridized carbons (Fsp3) is 0.346. The lowest BCUT2D eigenvalue weighted by Crippen LogP contribution is -2.46. The number of hydrogen-bond acceptors (Lipinski definition) is 3. The Balaban J connectivity index is 1.72. The van der Waals surface area contributed by atoms with Gasteiger partial charge in [0.05, 0.1) is 16.4 Å². The van der Waals surface area contributed by atoms with E-state index in [-0.39, 0.29) is 5.69 Å². The van der Waals surface area contributed by atoms with Crippen LogP contribution in [0.15, 0.2) is 42.5 Å². The van der Waals surface area contributed by atoms with E-state index in [0.29, 0.717) is 44.4 Å². The number of benzene rings is 2. The predicted molar refractivity (Wildman–Crippen MR) is 140 cm³/mol. The van der Waals surface area contributed by atoms with Crippen LogP contribution in [-0.4, -0.2) is 27.6 Å². The van der Waals surface area contributed by atoms with E-state index >= 15 is 0 Å². The first-order valence-electron chi connectivity index (χ1n) is 11.7. The van der Waals surface area contributed by atoms with E-state index in [1.54, 1.807) is 35.0 Å². The molecule has 6 nitrogen and oxygen atoms in total. The summed E-state index contributed by atoms with van der Waals surface area (Å²) in [6.07, 6.45) is 6.11. The molecule has 9 heteroatoms. The maximum atomic E-state index is 13.4. The number of nitrogens with zero attached hydrogens (tertiary/aromatic N) is 2. The minimum absolute atomic E-state index is 0.191. The van der Waals surface area contributed by atoms with Crippen molar-refractivity contribution < 1.29 is 9.59 Å². The largest absolute Gasteiger partial charge is 0.368 e. The highest BCUT2D eigenvalue weighted by Gasteiger charge is 2.28. The zero-order valence-electron chi connectivity index (χ0n) is 19.4. The summed E-state index contributed by atoms with van der Waals surface area (Å²) in [6, 6.07) is 11.6. The van der Waals surface area contributed by atoms with Gasteiger partial charge in [-0.05, 0) is 49.6 Å². The zero-order valence-corrected chi connectivity index (χ0v) is 21.6. The van der Waals surface area contributed by atoms with Crippen molar-refractivity contribution in [2.75, 3.05) is 0 Å². The molecule has 35 heavy (non-hydrogen) atoms. The van der Waals surface area contributed by atoms with Gasteiger partial charge in [0.25, 0.3) is 5.91 Å². The van der Waals surface area contributed by atoms with E-state index in [4.69, 9.17) is 40.5 Å². The highest BCUT2D eigenvalue weighted by Crippen LogP contribution is 2.33. The molecule has 1 aromatic heterocycles. The molecule has 1 aliphatic carbocycles. The number of carbonyl (C=O) groups excluding carboxylic acids is 2. The van der Waals surface area contributed by atoms with Crippen LogP contribution in [0, 0.1) is 12.8 Å². The van der Waals surface area contributed by atoms with Crippen LogP contribution in [0.2, 0.25) is 15.1 Å². The van der Waals surface area contributed by atoms with Crippen LogP contribution in [-0.2, 0) is 4.79 Å². The van der Waals surface area contributed by atoms with Gasteiger partial charge in [-0.3, -0.25) is 9.59 Å². The molecule has 0 radical (unpaired) electrons. The minimum Gasteiger partial charge on any atom is -0.368 e. The number of amides is 2. The third kappa shape index (κ3) is 5.83. The van der Waals surface area contributed by atoms with Gasteiger partial charge < -0.3 is 11.1 Å². The fourth-order valence-corrected chi connectivity index (χ4v) is 5.33. The molecule has 0 spiro atoms. The summed E-state index contributed by atoms with van der Waals surface area (Å²) in [5.74, 6) is -0.626. The normalized spacial score (nSPS) is 15.1. The van der Waals surface area contributed by atoms with Gasteiger partial charge in [0, 0.05) is 21.2 Å². The first-order valence-corrected chi connectivity index (χ1v) is 12.8. The van der Waals surface area contributed by atoms with Gasteiger partial charge in [0.1, 0.15) is 6.04 Å². The molecule has 4 rings (SSSR count). The van der Waals surface area contributed by atoms with E-state index in [0.717, 1.165) is 31.2 Å². The molecule has 0 aliphatic heterocycles. The summed E-state index contributed by atoms with van der Waals surface area (Å²) in [6.45, 7) is 1.81. The Kier molecular flexibility index (Phi) is 8.05. The molecule has 184 valence electrons. The Hall–Kier alpha value is -2.54. The second-order valence-corrected chi connectivity index (χ2v) is 10.3. The molecular formula is C26H27Cl3N4O2. The van der Waals surface area contributed by atoms with Gasteiger partial charge in [-0.15, -0.1) is 0 Å². The monoisotopic (exact) mass is 532 g/mol. The van der Waals surface area contributed by atoms with Crippen molar-refractivity contribution in [1.29, 1.82) is 0 Å². The predicted octanol–water partition coefficient (Wildman–Crippen LogP) is 6.36. The van der Waals surface area contributed by atoms with Crippen LogP contribution < -0.4 is 11.1 Å². The van der Waals surface area contributed by atoms with E-state index in [9.17, 15) is 9.59 Å². The highest BCUT2D eigenvalue weighted by molar-refractivity contribution is 6.35. The van der Waals surface area contributed by atoms with Crippen molar-refractivity contribution in [2.45, 2.75) is 51.5 Å². The Bertz CT molecular complexity index is 1230. The summed E-state index contributed by atoms with van der Waals surface area (Å²) >= 11 is 18.7. The van der Waals surface area contributed by atoms with Crippen LogP contribution >= 0.6 is 34.8 Å². The number of aromatic nitrogens is 2. The number of halogens is 3. The van der Waals surface area contributed by atoms with E-state index in [1.165, 1.54) is 6.42 Å². The second-order valence-electron chi connectivity index (χ2n) is 9.00. The number of hydrogen-bond donors (Lipinski definition) is 2. The SMILES string of the molecule is Cc1c(C(=O)NC(CC2CCCCC2)C(N)=O)nn(-c2ccc(Cl)cc2Cl)c1-c1ccc(Cl)cc1. The van der Waals surface area contributed by atoms with Crippen LogP contribution in [0.1, 0.15) is 54.6 Å². The third-order valence-electron chi connectivity index (χ3n) is 6.54. The summed E-state index contributed by atoms with van der Waals surface area (Å²) in [5.41, 5.74) is 8.54. The third-order valence-corrected chi connectivity index (χ3v) is 7.33. The smallest absolute Gasteiger partial charge is 0.272 e. The quantitative estimate of drug-likeness (QED) is 0.370. The van der Waals surface area contributed by atoms with Crippen LogP contribution in [0.5, 0.6) is 0 Å². The first-order chi connectivity index (χ1) is 16.7. The molecule has 3 N–H and O–H groups in total. The summed E-state index contributed by atoms with van der Waals surface area (Å²) in [5, 5.41) is 8.91. The molecule has 1 saturated carbocycles. The average Bonchev–Trinajstić information content (AvgIpc) is 3.16. The molecule has 1 aliphatic rings. The standard InChI is InChI=1S/C26H27Cl3N4O2/c1-15-23(26(35)31-21(25(30)34)13-16-5-3-2-4-6-16)32-33(22-12-11-19(28)14-20(22)29)24(15)17-7-9-18(27)10-8-17/h7-12,14,16,21H,2-6,13H2,1H3,(H2,30,34)(H,31,35). The summed E-state index contributed by atoms with van der Waals surface area (Å²) in [7, 11) is 0. The van der Waals surface area contributed by atoms with Gasteiger partial charge in [-0.2, -0.15) is 5.10 Å². The molecule has 1 heterocycles. The molecule has 3 aromatic rings. The van der Waals surface area contributed by atoms with Crippen LogP contribution in [0.4, 0.5) is 0 Å². The molecule has 1 atom stereocenters. The van der Waals surface area contributed by atoms with E-state index in [2.05, 4.69) is 10.4 Å². The van der Waals surface area contributed by atoms with Crippen LogP contribution in [0.25, 0.3) is 16.9 Å². The average molecular weight is 534 g/mol. The molecule has 2 amide bonds. The highest BCUT2D eigenvalue weighted by atomic mass is 35.5. The number of carbonyl (C=O) groups is 2. The summed E-state index contributed by atoms with van der Waals surface area (Å²) < 4.78 is 1.62. The number of rotatable bonds is 7. The Morgan fingerprint density at radius 1 is 1.06 bits per heavy atom. The lowest BCUT2D eigenvalue weighted by Gasteiger charge is -2.25. The number of primary amides is 1. The Morgan fingerprint density at radius 2 is 1.71 bits per heavy atom. The maximum Gasteiger partial charge on any atom is 0.272 e.